The van der Waals surface area contributed by atoms with Crippen LogP contribution in [0.3, 0.4) is 0 Å². The quantitative estimate of drug-likeness (QED) is 0.298. The van der Waals surface area contributed by atoms with Crippen molar-refractivity contribution >= 4 is 8.07 Å². The standard InChI is InChI=1S/C28H28Si/c1-5-13-25(14-6-1)21-29(22-26-15-7-2-8-16-26,23-27-17-9-3-10-18-27)24-28-19-11-4-12-20-28/h1-20H,21-24H2. The molecule has 144 valence electrons. The van der Waals surface area contributed by atoms with E-state index in [-0.39, 0.29) is 0 Å². The van der Waals surface area contributed by atoms with E-state index < -0.39 is 8.07 Å². The highest BCUT2D eigenvalue weighted by Gasteiger charge is 2.34. The summed E-state index contributed by atoms with van der Waals surface area (Å²) in [4.78, 5) is 0. The first kappa shape index (κ1) is 19.4. The molecular weight excluding hydrogens is 364 g/mol. The molecule has 0 saturated heterocycles. The van der Waals surface area contributed by atoms with Crippen molar-refractivity contribution in [1.82, 2.24) is 0 Å². The van der Waals surface area contributed by atoms with Crippen LogP contribution in [0.25, 0.3) is 0 Å². The number of benzene rings is 4. The minimum Gasteiger partial charge on any atom is -0.0622 e. The lowest BCUT2D eigenvalue weighted by atomic mass is 10.2. The van der Waals surface area contributed by atoms with Crippen LogP contribution >= 0.6 is 0 Å². The number of hydrogen-bond acceptors (Lipinski definition) is 0. The van der Waals surface area contributed by atoms with Crippen molar-refractivity contribution in [3.63, 3.8) is 0 Å². The molecule has 4 rings (SSSR count). The van der Waals surface area contributed by atoms with E-state index in [1.54, 1.807) is 0 Å². The maximum Gasteiger partial charge on any atom is 0.0710 e. The van der Waals surface area contributed by atoms with Crippen molar-refractivity contribution in [2.24, 2.45) is 0 Å². The molecule has 0 bridgehead atoms. The molecule has 4 aromatic carbocycles. The predicted octanol–water partition coefficient (Wildman–Crippen LogP) is 6.56. The van der Waals surface area contributed by atoms with Gasteiger partial charge in [0.25, 0.3) is 0 Å². The zero-order valence-corrected chi connectivity index (χ0v) is 17.9. The first-order valence-electron chi connectivity index (χ1n) is 10.5. The topological polar surface area (TPSA) is 0 Å². The molecular formula is C28H28Si. The molecule has 0 spiro atoms. The monoisotopic (exact) mass is 392 g/mol. The summed E-state index contributed by atoms with van der Waals surface area (Å²) in [6.07, 6.45) is 0. The van der Waals surface area contributed by atoms with Crippen LogP contribution in [0.2, 0.25) is 0 Å². The van der Waals surface area contributed by atoms with E-state index in [0.29, 0.717) is 0 Å². The van der Waals surface area contributed by atoms with Gasteiger partial charge in [-0.15, -0.1) is 0 Å². The minimum absolute atomic E-state index is 1.20. The van der Waals surface area contributed by atoms with Gasteiger partial charge in [0.2, 0.25) is 0 Å². The molecule has 0 aliphatic carbocycles. The molecule has 0 radical (unpaired) electrons. The summed E-state index contributed by atoms with van der Waals surface area (Å²) in [6.45, 7) is 0. The Morgan fingerprint density at radius 3 is 0.724 bits per heavy atom. The summed E-state index contributed by atoms with van der Waals surface area (Å²) in [5.41, 5.74) is 5.90. The molecule has 0 heterocycles. The summed E-state index contributed by atoms with van der Waals surface area (Å²) < 4.78 is 0. The summed E-state index contributed by atoms with van der Waals surface area (Å²) in [5.74, 6) is 0. The van der Waals surface area contributed by atoms with Crippen LogP contribution in [-0.4, -0.2) is 8.07 Å². The lowest BCUT2D eigenvalue weighted by molar-refractivity contribution is 1.06. The van der Waals surface area contributed by atoms with Crippen LogP contribution < -0.4 is 0 Å². The van der Waals surface area contributed by atoms with E-state index in [1.807, 2.05) is 0 Å². The lowest BCUT2D eigenvalue weighted by Gasteiger charge is -2.33. The minimum atomic E-state index is -1.76. The maximum absolute atomic E-state index is 2.31. The fourth-order valence-corrected chi connectivity index (χ4v) is 9.65. The van der Waals surface area contributed by atoms with Gasteiger partial charge < -0.3 is 0 Å². The van der Waals surface area contributed by atoms with Gasteiger partial charge in [-0.05, 0) is 24.2 Å². The summed E-state index contributed by atoms with van der Waals surface area (Å²) >= 11 is 0. The fraction of sp³-hybridized carbons (Fsp3) is 0.143. The van der Waals surface area contributed by atoms with Gasteiger partial charge in [-0.2, -0.15) is 0 Å². The van der Waals surface area contributed by atoms with Crippen molar-refractivity contribution in [2.75, 3.05) is 0 Å². The third kappa shape index (κ3) is 5.55. The summed E-state index contributed by atoms with van der Waals surface area (Å²) in [5, 5.41) is 0. The SMILES string of the molecule is c1ccc(C[Si](Cc2ccccc2)(Cc2ccccc2)Cc2ccccc2)cc1. The van der Waals surface area contributed by atoms with Gasteiger partial charge in [0.1, 0.15) is 0 Å². The van der Waals surface area contributed by atoms with Gasteiger partial charge >= 0.3 is 0 Å². The third-order valence-electron chi connectivity index (χ3n) is 5.69. The molecule has 0 aliphatic rings. The van der Waals surface area contributed by atoms with Gasteiger partial charge in [0.05, 0.1) is 8.07 Å². The largest absolute Gasteiger partial charge is 0.0710 e. The second-order valence-electron chi connectivity index (χ2n) is 8.15. The molecule has 0 N–H and O–H groups in total. The second-order valence-corrected chi connectivity index (χ2v) is 12.6. The zero-order valence-electron chi connectivity index (χ0n) is 16.9. The Bertz CT molecular complexity index is 808. The second kappa shape index (κ2) is 9.53. The lowest BCUT2D eigenvalue weighted by Crippen LogP contribution is -2.46. The Kier molecular flexibility index (Phi) is 6.38. The van der Waals surface area contributed by atoms with Crippen LogP contribution in [0.1, 0.15) is 22.3 Å². The molecule has 0 nitrogen and oxygen atoms in total. The van der Waals surface area contributed by atoms with Crippen LogP contribution in [0.15, 0.2) is 121 Å². The molecule has 1 heteroatoms. The fourth-order valence-electron chi connectivity index (χ4n) is 4.49. The molecule has 0 aliphatic heterocycles. The smallest absolute Gasteiger partial charge is 0.0622 e. The number of rotatable bonds is 8. The molecule has 0 atom stereocenters. The Balaban J connectivity index is 1.75. The highest BCUT2D eigenvalue weighted by Crippen LogP contribution is 2.26. The molecule has 0 saturated carbocycles. The summed E-state index contributed by atoms with van der Waals surface area (Å²) in [7, 11) is -1.76. The van der Waals surface area contributed by atoms with Crippen molar-refractivity contribution in [1.29, 1.82) is 0 Å². The van der Waals surface area contributed by atoms with Crippen LogP contribution in [-0.2, 0) is 24.2 Å². The molecule has 29 heavy (non-hydrogen) atoms. The van der Waals surface area contributed by atoms with E-state index in [1.165, 1.54) is 46.4 Å². The van der Waals surface area contributed by atoms with E-state index in [9.17, 15) is 0 Å². The van der Waals surface area contributed by atoms with Gasteiger partial charge in [-0.3, -0.25) is 0 Å². The predicted molar refractivity (Wildman–Crippen MR) is 126 cm³/mol. The van der Waals surface area contributed by atoms with E-state index in [2.05, 4.69) is 121 Å². The molecule has 0 unspecified atom stereocenters. The van der Waals surface area contributed by atoms with Crippen molar-refractivity contribution in [3.05, 3.63) is 144 Å². The highest BCUT2D eigenvalue weighted by atomic mass is 28.3. The Morgan fingerprint density at radius 2 is 0.517 bits per heavy atom. The third-order valence-corrected chi connectivity index (χ3v) is 10.3. The van der Waals surface area contributed by atoms with Gasteiger partial charge in [-0.25, -0.2) is 0 Å². The van der Waals surface area contributed by atoms with Crippen LogP contribution in [0.5, 0.6) is 0 Å². The molecule has 4 aromatic rings. The highest BCUT2D eigenvalue weighted by molar-refractivity contribution is 6.77. The van der Waals surface area contributed by atoms with Gasteiger partial charge in [0.15, 0.2) is 0 Å². The van der Waals surface area contributed by atoms with Crippen molar-refractivity contribution < 1.29 is 0 Å². The molecule has 0 amide bonds. The molecule has 0 fully saturated rings. The first-order valence-corrected chi connectivity index (χ1v) is 13.3. The number of hydrogen-bond donors (Lipinski definition) is 0. The maximum atomic E-state index is 2.31. The first-order chi connectivity index (χ1) is 14.3. The Morgan fingerprint density at radius 1 is 0.310 bits per heavy atom. The van der Waals surface area contributed by atoms with Crippen LogP contribution in [0, 0.1) is 0 Å². The van der Waals surface area contributed by atoms with Crippen molar-refractivity contribution in [2.45, 2.75) is 24.2 Å². The average molecular weight is 393 g/mol. The molecule has 0 aromatic heterocycles. The van der Waals surface area contributed by atoms with Gasteiger partial charge in [-0.1, -0.05) is 144 Å². The van der Waals surface area contributed by atoms with Crippen LogP contribution in [0.4, 0.5) is 0 Å². The van der Waals surface area contributed by atoms with E-state index in [0.717, 1.165) is 0 Å². The summed E-state index contributed by atoms with van der Waals surface area (Å²) in [6, 6.07) is 49.2. The normalized spacial score (nSPS) is 11.3. The van der Waals surface area contributed by atoms with Gasteiger partial charge in [0, 0.05) is 0 Å². The van der Waals surface area contributed by atoms with E-state index >= 15 is 0 Å². The van der Waals surface area contributed by atoms with Crippen molar-refractivity contribution in [3.8, 4) is 0 Å². The van der Waals surface area contributed by atoms with E-state index in [4.69, 9.17) is 0 Å². The average Bonchev–Trinajstić information content (AvgIpc) is 2.76. The Labute approximate surface area is 175 Å². The zero-order chi connectivity index (χ0) is 19.8. The Hall–Kier alpha value is -2.90.